The molecule has 0 spiro atoms. The van der Waals surface area contributed by atoms with Crippen LogP contribution in [0.2, 0.25) is 0 Å². The van der Waals surface area contributed by atoms with E-state index in [-0.39, 0.29) is 31.4 Å². The number of nitrogens with two attached hydrogens (primary N) is 3. The molecule has 1 aromatic heterocycles. The van der Waals surface area contributed by atoms with Crippen molar-refractivity contribution in [1.82, 2.24) is 25.9 Å². The first-order valence-corrected chi connectivity index (χ1v) is 11.7. The van der Waals surface area contributed by atoms with Crippen molar-refractivity contribution in [3.05, 3.63) is 18.2 Å². The summed E-state index contributed by atoms with van der Waals surface area (Å²) in [4.78, 5) is 67.5. The molecule has 0 bridgehead atoms. The lowest BCUT2D eigenvalue weighted by Gasteiger charge is -2.25. The van der Waals surface area contributed by atoms with Gasteiger partial charge in [0.15, 0.2) is 0 Å². The Kier molecular flexibility index (Phi) is 13.4. The molecule has 1 heterocycles. The van der Waals surface area contributed by atoms with E-state index < -0.39 is 53.8 Å². The Morgan fingerprint density at radius 2 is 1.63 bits per heavy atom. The number of aromatic amines is 1. The van der Waals surface area contributed by atoms with Crippen LogP contribution in [0.25, 0.3) is 0 Å². The third-order valence-electron chi connectivity index (χ3n) is 5.02. The van der Waals surface area contributed by atoms with E-state index in [9.17, 15) is 29.1 Å². The topological polar surface area (TPSA) is 248 Å². The van der Waals surface area contributed by atoms with Crippen molar-refractivity contribution in [1.29, 1.82) is 0 Å². The van der Waals surface area contributed by atoms with Gasteiger partial charge in [-0.1, -0.05) is 0 Å². The number of hydrogen-bond donors (Lipinski definition) is 9. The van der Waals surface area contributed by atoms with Crippen LogP contribution in [0.1, 0.15) is 37.8 Å². The fourth-order valence-electron chi connectivity index (χ4n) is 3.04. The summed E-state index contributed by atoms with van der Waals surface area (Å²) in [5.74, 6) is -4.06. The van der Waals surface area contributed by atoms with E-state index in [0.29, 0.717) is 25.1 Å². The minimum atomic E-state index is -1.40. The Morgan fingerprint density at radius 3 is 2.17 bits per heavy atom. The molecule has 4 amide bonds. The summed E-state index contributed by atoms with van der Waals surface area (Å²) < 4.78 is 0. The van der Waals surface area contributed by atoms with Gasteiger partial charge in [0.25, 0.3) is 0 Å². The molecule has 0 fully saturated rings. The number of H-pyrrole nitrogens is 1. The third-order valence-corrected chi connectivity index (χ3v) is 5.41. The summed E-state index contributed by atoms with van der Waals surface area (Å²) in [6, 6.07) is -4.56. The lowest BCUT2D eigenvalue weighted by molar-refractivity contribution is -0.142. The van der Waals surface area contributed by atoms with Crippen LogP contribution >= 0.6 is 12.6 Å². The second-order valence-corrected chi connectivity index (χ2v) is 8.25. The molecule has 14 nitrogen and oxygen atoms in total. The van der Waals surface area contributed by atoms with E-state index in [1.807, 2.05) is 0 Å². The average molecular weight is 515 g/mol. The van der Waals surface area contributed by atoms with E-state index >= 15 is 0 Å². The molecule has 1 aromatic rings. The molecule has 15 heteroatoms. The maximum absolute atomic E-state index is 13.1. The maximum atomic E-state index is 13.1. The van der Waals surface area contributed by atoms with Crippen molar-refractivity contribution in [2.45, 2.75) is 62.7 Å². The lowest BCUT2D eigenvalue weighted by atomic mass is 10.1. The van der Waals surface area contributed by atoms with E-state index in [1.54, 1.807) is 0 Å². The van der Waals surface area contributed by atoms with Gasteiger partial charge in [0.2, 0.25) is 23.6 Å². The van der Waals surface area contributed by atoms with Crippen molar-refractivity contribution >= 4 is 42.2 Å². The Morgan fingerprint density at radius 1 is 1.00 bits per heavy atom. The zero-order valence-electron chi connectivity index (χ0n) is 19.2. The standard InChI is InChI=1S/C20H34N8O6S/c21-6-2-1-3-13(26-17(30)12(22)9-35)18(31)28-15(7-11-8-24-10-25-11)19(32)27-14(20(33)34)4-5-16(23)29/h8,10,12-15,35H,1-7,9,21-22H2,(H2,23,29)(H,24,25)(H,26,30)(H,27,32)(H,28,31)(H,33,34). The number of aliphatic carboxylic acids is 1. The van der Waals surface area contributed by atoms with Crippen molar-refractivity contribution in [3.8, 4) is 0 Å². The summed E-state index contributed by atoms with van der Waals surface area (Å²) in [5, 5.41) is 16.8. The number of unbranched alkanes of at least 4 members (excludes halogenated alkanes) is 1. The molecule has 4 atom stereocenters. The SMILES string of the molecule is NCCCCC(NC(=O)C(N)CS)C(=O)NC(Cc1cnc[nH]1)C(=O)NC(CCC(N)=O)C(=O)O. The van der Waals surface area contributed by atoms with Crippen molar-refractivity contribution in [2.75, 3.05) is 12.3 Å². The molecule has 0 aromatic carbocycles. The van der Waals surface area contributed by atoms with Crippen LogP contribution in [0.3, 0.4) is 0 Å². The van der Waals surface area contributed by atoms with Crippen molar-refractivity contribution in [2.24, 2.45) is 17.2 Å². The van der Waals surface area contributed by atoms with Crippen LogP contribution in [0.5, 0.6) is 0 Å². The fraction of sp³-hybridized carbons (Fsp3) is 0.600. The van der Waals surface area contributed by atoms with Crippen LogP contribution < -0.4 is 33.2 Å². The molecule has 1 rings (SSSR count). The predicted octanol–water partition coefficient (Wildman–Crippen LogP) is -2.86. The average Bonchev–Trinajstić information content (AvgIpc) is 3.32. The highest BCUT2D eigenvalue weighted by atomic mass is 32.1. The second kappa shape index (κ2) is 15.7. The second-order valence-electron chi connectivity index (χ2n) is 7.88. The van der Waals surface area contributed by atoms with Crippen LogP contribution in [0.15, 0.2) is 12.5 Å². The number of primary amides is 1. The number of amides is 4. The van der Waals surface area contributed by atoms with Crippen LogP contribution in [-0.4, -0.2) is 81.1 Å². The van der Waals surface area contributed by atoms with Gasteiger partial charge in [-0.25, -0.2) is 9.78 Å². The minimum Gasteiger partial charge on any atom is -0.480 e. The van der Waals surface area contributed by atoms with Gasteiger partial charge in [0.1, 0.15) is 18.1 Å². The first-order valence-electron chi connectivity index (χ1n) is 11.0. The zero-order valence-corrected chi connectivity index (χ0v) is 20.1. The Balaban J connectivity index is 3.04. The van der Waals surface area contributed by atoms with Gasteiger partial charge in [-0.05, 0) is 32.2 Å². The smallest absolute Gasteiger partial charge is 0.326 e. The molecule has 196 valence electrons. The largest absolute Gasteiger partial charge is 0.480 e. The van der Waals surface area contributed by atoms with Gasteiger partial charge in [-0.15, -0.1) is 0 Å². The number of carbonyl (C=O) groups is 5. The number of aromatic nitrogens is 2. The molecule has 0 radical (unpaired) electrons. The van der Waals surface area contributed by atoms with Crippen molar-refractivity contribution in [3.63, 3.8) is 0 Å². The summed E-state index contributed by atoms with van der Waals surface area (Å²) in [7, 11) is 0. The van der Waals surface area contributed by atoms with Crippen LogP contribution in [0.4, 0.5) is 0 Å². The van der Waals surface area contributed by atoms with E-state index in [1.165, 1.54) is 12.5 Å². The monoisotopic (exact) mass is 514 g/mol. The number of thiol groups is 1. The van der Waals surface area contributed by atoms with Crippen molar-refractivity contribution < 1.29 is 29.1 Å². The molecule has 35 heavy (non-hydrogen) atoms. The lowest BCUT2D eigenvalue weighted by Crippen LogP contribution is -2.57. The highest BCUT2D eigenvalue weighted by Gasteiger charge is 2.30. The highest BCUT2D eigenvalue weighted by Crippen LogP contribution is 2.06. The normalized spacial score (nSPS) is 14.3. The summed E-state index contributed by atoms with van der Waals surface area (Å²) in [6.45, 7) is 0.394. The van der Waals surface area contributed by atoms with Crippen LogP contribution in [-0.2, 0) is 30.4 Å². The molecular weight excluding hydrogens is 480 g/mol. The summed E-state index contributed by atoms with van der Waals surface area (Å²) in [5.41, 5.74) is 16.8. The highest BCUT2D eigenvalue weighted by molar-refractivity contribution is 7.80. The predicted molar refractivity (Wildman–Crippen MR) is 129 cm³/mol. The number of hydrogen-bond acceptors (Lipinski definition) is 9. The van der Waals surface area contributed by atoms with Crippen LogP contribution in [0, 0.1) is 0 Å². The molecule has 0 aliphatic rings. The van der Waals surface area contributed by atoms with Gasteiger partial charge >= 0.3 is 5.97 Å². The number of carboxylic acid groups (broad SMARTS) is 1. The number of rotatable bonds is 17. The van der Waals surface area contributed by atoms with E-state index in [4.69, 9.17) is 17.2 Å². The van der Waals surface area contributed by atoms with Gasteiger partial charge < -0.3 is 43.2 Å². The third kappa shape index (κ3) is 11.2. The number of nitrogens with one attached hydrogen (secondary N) is 4. The number of carboxylic acids is 1. The number of nitrogens with zero attached hydrogens (tertiary/aromatic N) is 1. The molecular formula is C20H34N8O6S. The van der Waals surface area contributed by atoms with E-state index in [0.717, 1.165) is 0 Å². The zero-order chi connectivity index (χ0) is 26.4. The number of imidazole rings is 1. The Bertz CT molecular complexity index is 853. The molecule has 0 saturated heterocycles. The first kappa shape index (κ1) is 29.9. The molecule has 4 unspecified atom stereocenters. The molecule has 0 aliphatic heterocycles. The van der Waals surface area contributed by atoms with Gasteiger partial charge in [0.05, 0.1) is 12.4 Å². The van der Waals surface area contributed by atoms with Gasteiger partial charge in [-0.3, -0.25) is 19.2 Å². The quantitative estimate of drug-likeness (QED) is 0.0765. The van der Waals surface area contributed by atoms with Gasteiger partial charge in [-0.2, -0.15) is 12.6 Å². The molecule has 0 aliphatic carbocycles. The molecule has 0 saturated carbocycles. The summed E-state index contributed by atoms with van der Waals surface area (Å²) >= 11 is 3.98. The Labute approximate surface area is 207 Å². The Hall–Kier alpha value is -3.17. The first-order chi connectivity index (χ1) is 16.6. The van der Waals surface area contributed by atoms with E-state index in [2.05, 4.69) is 38.5 Å². The van der Waals surface area contributed by atoms with Gasteiger partial charge in [0, 0.05) is 30.5 Å². The number of carbonyl (C=O) groups excluding carboxylic acids is 4. The summed E-state index contributed by atoms with van der Waals surface area (Å²) in [6.07, 6.45) is 3.68. The minimum absolute atomic E-state index is 0.0423. The maximum Gasteiger partial charge on any atom is 0.326 e. The molecule has 11 N–H and O–H groups in total. The fourth-order valence-corrected chi connectivity index (χ4v) is 3.20.